The zero-order valence-corrected chi connectivity index (χ0v) is 11.0. The Balaban J connectivity index is 1.77. The van der Waals surface area contributed by atoms with Gasteiger partial charge in [0.2, 0.25) is 5.91 Å². The number of nitrogen functional groups attached to an aromatic ring is 1. The second kappa shape index (κ2) is 5.88. The standard InChI is InChI=1S/C12H15ClN4O2/c13-10-9(5-8(14)6-17-10)12(19)16-4-3-15-11(18)7-1-2-7/h5-7H,1-4,14H2,(H,15,18)(H,16,19). The molecule has 0 saturated heterocycles. The third-order valence-electron chi connectivity index (χ3n) is 2.76. The predicted octanol–water partition coefficient (Wildman–Crippen LogP) is 0.573. The highest BCUT2D eigenvalue weighted by Gasteiger charge is 2.29. The maximum Gasteiger partial charge on any atom is 0.254 e. The Kier molecular flexibility index (Phi) is 4.21. The number of rotatable bonds is 5. The molecule has 1 saturated carbocycles. The molecule has 0 aliphatic heterocycles. The number of aromatic nitrogens is 1. The van der Waals surface area contributed by atoms with Crippen LogP contribution in [0.5, 0.6) is 0 Å². The van der Waals surface area contributed by atoms with Crippen LogP contribution in [-0.2, 0) is 4.79 Å². The first-order valence-corrected chi connectivity index (χ1v) is 6.42. The third-order valence-corrected chi connectivity index (χ3v) is 3.06. The summed E-state index contributed by atoms with van der Waals surface area (Å²) < 4.78 is 0. The highest BCUT2D eigenvalue weighted by molar-refractivity contribution is 6.32. The number of hydrogen-bond donors (Lipinski definition) is 3. The fraction of sp³-hybridized carbons (Fsp3) is 0.417. The van der Waals surface area contributed by atoms with Gasteiger partial charge in [-0.05, 0) is 18.9 Å². The van der Waals surface area contributed by atoms with Crippen molar-refractivity contribution < 1.29 is 9.59 Å². The van der Waals surface area contributed by atoms with Crippen LogP contribution < -0.4 is 16.4 Å². The molecule has 1 aliphatic rings. The monoisotopic (exact) mass is 282 g/mol. The minimum absolute atomic E-state index is 0.0536. The van der Waals surface area contributed by atoms with Gasteiger partial charge in [0.1, 0.15) is 5.15 Å². The molecule has 7 heteroatoms. The van der Waals surface area contributed by atoms with Crippen LogP contribution in [0.1, 0.15) is 23.2 Å². The molecule has 0 spiro atoms. The molecule has 0 bridgehead atoms. The van der Waals surface area contributed by atoms with E-state index in [0.717, 1.165) is 12.8 Å². The lowest BCUT2D eigenvalue weighted by atomic mass is 10.2. The molecule has 1 aliphatic carbocycles. The second-order valence-corrected chi connectivity index (χ2v) is 4.79. The summed E-state index contributed by atoms with van der Waals surface area (Å²) in [7, 11) is 0. The van der Waals surface area contributed by atoms with Crippen molar-refractivity contribution in [3.05, 3.63) is 23.0 Å². The van der Waals surface area contributed by atoms with Gasteiger partial charge < -0.3 is 16.4 Å². The number of amides is 2. The number of nitrogens with one attached hydrogen (secondary N) is 2. The van der Waals surface area contributed by atoms with Crippen LogP contribution in [0.15, 0.2) is 12.3 Å². The van der Waals surface area contributed by atoms with Crippen molar-refractivity contribution in [2.75, 3.05) is 18.8 Å². The molecule has 102 valence electrons. The normalized spacial score (nSPS) is 13.9. The van der Waals surface area contributed by atoms with E-state index in [2.05, 4.69) is 15.6 Å². The molecular weight excluding hydrogens is 268 g/mol. The summed E-state index contributed by atoms with van der Waals surface area (Å²) in [5.74, 6) is -0.133. The van der Waals surface area contributed by atoms with E-state index >= 15 is 0 Å². The molecule has 19 heavy (non-hydrogen) atoms. The van der Waals surface area contributed by atoms with Gasteiger partial charge in [-0.25, -0.2) is 4.98 Å². The molecule has 1 aromatic rings. The molecule has 1 heterocycles. The Hall–Kier alpha value is -1.82. The van der Waals surface area contributed by atoms with Crippen molar-refractivity contribution in [3.8, 4) is 0 Å². The van der Waals surface area contributed by atoms with E-state index in [4.69, 9.17) is 17.3 Å². The summed E-state index contributed by atoms with van der Waals surface area (Å²) >= 11 is 5.81. The van der Waals surface area contributed by atoms with Gasteiger partial charge in [-0.1, -0.05) is 11.6 Å². The number of hydrogen-bond acceptors (Lipinski definition) is 4. The molecule has 2 rings (SSSR count). The van der Waals surface area contributed by atoms with Crippen LogP contribution in [0.25, 0.3) is 0 Å². The summed E-state index contributed by atoms with van der Waals surface area (Å²) in [5.41, 5.74) is 6.15. The fourth-order valence-corrected chi connectivity index (χ4v) is 1.76. The van der Waals surface area contributed by atoms with E-state index in [1.807, 2.05) is 0 Å². The molecule has 0 unspecified atom stereocenters. The summed E-state index contributed by atoms with van der Waals surface area (Å²) in [6.07, 6.45) is 3.31. The first-order chi connectivity index (χ1) is 9.08. The van der Waals surface area contributed by atoms with Crippen molar-refractivity contribution in [3.63, 3.8) is 0 Å². The van der Waals surface area contributed by atoms with E-state index < -0.39 is 0 Å². The first kappa shape index (κ1) is 13.6. The number of carbonyl (C=O) groups is 2. The SMILES string of the molecule is Nc1cnc(Cl)c(C(=O)NCCNC(=O)C2CC2)c1. The third kappa shape index (κ3) is 3.82. The highest BCUT2D eigenvalue weighted by atomic mass is 35.5. The maximum absolute atomic E-state index is 11.8. The Morgan fingerprint density at radius 3 is 2.74 bits per heavy atom. The lowest BCUT2D eigenvalue weighted by Gasteiger charge is -2.08. The molecule has 6 nitrogen and oxygen atoms in total. The van der Waals surface area contributed by atoms with Crippen LogP contribution in [0.2, 0.25) is 5.15 Å². The Morgan fingerprint density at radius 2 is 2.05 bits per heavy atom. The average molecular weight is 283 g/mol. The molecule has 0 atom stereocenters. The van der Waals surface area contributed by atoms with Crippen molar-refractivity contribution in [1.29, 1.82) is 0 Å². The van der Waals surface area contributed by atoms with E-state index in [0.29, 0.717) is 18.8 Å². The Morgan fingerprint density at radius 1 is 1.37 bits per heavy atom. The topological polar surface area (TPSA) is 97.1 Å². The minimum Gasteiger partial charge on any atom is -0.397 e. The van der Waals surface area contributed by atoms with Gasteiger partial charge in [-0.3, -0.25) is 9.59 Å². The smallest absolute Gasteiger partial charge is 0.254 e. The number of pyridine rings is 1. The van der Waals surface area contributed by atoms with Crippen molar-refractivity contribution >= 4 is 29.1 Å². The molecule has 0 radical (unpaired) electrons. The Bertz CT molecular complexity index is 503. The molecule has 1 fully saturated rings. The van der Waals surface area contributed by atoms with Gasteiger partial charge in [0.05, 0.1) is 17.4 Å². The second-order valence-electron chi connectivity index (χ2n) is 4.43. The van der Waals surface area contributed by atoms with Gasteiger partial charge in [0.15, 0.2) is 0 Å². The molecule has 1 aromatic heterocycles. The van der Waals surface area contributed by atoms with Crippen LogP contribution in [0.4, 0.5) is 5.69 Å². The van der Waals surface area contributed by atoms with Crippen LogP contribution in [0.3, 0.4) is 0 Å². The highest BCUT2D eigenvalue weighted by Crippen LogP contribution is 2.28. The van der Waals surface area contributed by atoms with E-state index in [1.165, 1.54) is 12.3 Å². The zero-order chi connectivity index (χ0) is 13.8. The predicted molar refractivity (Wildman–Crippen MR) is 71.7 cm³/mol. The van der Waals surface area contributed by atoms with Gasteiger partial charge >= 0.3 is 0 Å². The van der Waals surface area contributed by atoms with Gasteiger partial charge in [0, 0.05) is 19.0 Å². The summed E-state index contributed by atoms with van der Waals surface area (Å²) in [4.78, 5) is 26.9. The number of halogens is 1. The van der Waals surface area contributed by atoms with E-state index in [-0.39, 0.29) is 28.4 Å². The molecular formula is C12H15ClN4O2. The molecule has 4 N–H and O–H groups in total. The van der Waals surface area contributed by atoms with Gasteiger partial charge in [-0.15, -0.1) is 0 Å². The van der Waals surface area contributed by atoms with E-state index in [9.17, 15) is 9.59 Å². The minimum atomic E-state index is -0.356. The van der Waals surface area contributed by atoms with Crippen LogP contribution in [0, 0.1) is 5.92 Å². The number of nitrogens with zero attached hydrogens (tertiary/aromatic N) is 1. The maximum atomic E-state index is 11.8. The van der Waals surface area contributed by atoms with Crippen molar-refractivity contribution in [2.45, 2.75) is 12.8 Å². The Labute approximate surface area is 115 Å². The first-order valence-electron chi connectivity index (χ1n) is 6.05. The quantitative estimate of drug-likeness (QED) is 0.543. The van der Waals surface area contributed by atoms with E-state index in [1.54, 1.807) is 0 Å². The average Bonchev–Trinajstić information content (AvgIpc) is 3.21. The van der Waals surface area contributed by atoms with Crippen LogP contribution in [-0.4, -0.2) is 29.9 Å². The largest absolute Gasteiger partial charge is 0.397 e. The molecule has 0 aromatic carbocycles. The lowest BCUT2D eigenvalue weighted by Crippen LogP contribution is -2.35. The summed E-state index contributed by atoms with van der Waals surface area (Å²) in [5, 5.41) is 5.50. The number of anilines is 1. The number of nitrogens with two attached hydrogens (primary N) is 1. The van der Waals surface area contributed by atoms with Crippen molar-refractivity contribution in [1.82, 2.24) is 15.6 Å². The van der Waals surface area contributed by atoms with Crippen LogP contribution >= 0.6 is 11.6 Å². The fourth-order valence-electron chi connectivity index (χ4n) is 1.57. The lowest BCUT2D eigenvalue weighted by molar-refractivity contribution is -0.122. The zero-order valence-electron chi connectivity index (χ0n) is 10.3. The summed E-state index contributed by atoms with van der Waals surface area (Å²) in [6, 6.07) is 1.47. The van der Waals surface area contributed by atoms with Gasteiger partial charge in [0.25, 0.3) is 5.91 Å². The summed E-state index contributed by atoms with van der Waals surface area (Å²) in [6.45, 7) is 0.733. The van der Waals surface area contributed by atoms with Crippen molar-refractivity contribution in [2.24, 2.45) is 5.92 Å². The molecule has 2 amide bonds. The van der Waals surface area contributed by atoms with Gasteiger partial charge in [-0.2, -0.15) is 0 Å². The number of carbonyl (C=O) groups excluding carboxylic acids is 2.